The Bertz CT molecular complexity index is 712. The number of hydrogen-bond acceptors (Lipinski definition) is 3. The molecule has 2 N–H and O–H groups in total. The zero-order valence-electron chi connectivity index (χ0n) is 13.3. The summed E-state index contributed by atoms with van der Waals surface area (Å²) in [6.45, 7) is 0.0424. The van der Waals surface area contributed by atoms with E-state index in [9.17, 15) is 9.90 Å². The molecule has 0 unspecified atom stereocenters. The second kappa shape index (κ2) is 6.02. The van der Waals surface area contributed by atoms with Crippen molar-refractivity contribution < 1.29 is 9.90 Å². The van der Waals surface area contributed by atoms with E-state index in [0.717, 1.165) is 24.8 Å². The van der Waals surface area contributed by atoms with Gasteiger partial charge in [-0.3, -0.25) is 9.48 Å². The predicted molar refractivity (Wildman–Crippen MR) is 87.2 cm³/mol. The summed E-state index contributed by atoms with van der Waals surface area (Å²) in [4.78, 5) is 12.7. The molecule has 1 fully saturated rings. The number of halogens is 1. The van der Waals surface area contributed by atoms with Gasteiger partial charge in [0, 0.05) is 37.5 Å². The van der Waals surface area contributed by atoms with E-state index in [2.05, 4.69) is 10.4 Å². The summed E-state index contributed by atoms with van der Waals surface area (Å²) in [6.07, 6.45) is 8.16. The molecule has 1 aliphatic carbocycles. The van der Waals surface area contributed by atoms with Crippen molar-refractivity contribution >= 4 is 17.5 Å². The molecule has 3 rings (SSSR count). The molecular formula is C16H21ClN4O2. The predicted octanol–water partition coefficient (Wildman–Crippen LogP) is 2.05. The molecule has 0 saturated heterocycles. The summed E-state index contributed by atoms with van der Waals surface area (Å²) in [5, 5.41) is 17.7. The van der Waals surface area contributed by atoms with Gasteiger partial charge in [-0.05, 0) is 18.9 Å². The van der Waals surface area contributed by atoms with Gasteiger partial charge in [0.2, 0.25) is 0 Å². The van der Waals surface area contributed by atoms with E-state index in [4.69, 9.17) is 11.6 Å². The summed E-state index contributed by atoms with van der Waals surface area (Å²) in [6, 6.07) is 1.37. The highest BCUT2D eigenvalue weighted by Gasteiger charge is 2.45. The maximum absolute atomic E-state index is 12.7. The van der Waals surface area contributed by atoms with Crippen molar-refractivity contribution in [1.29, 1.82) is 0 Å². The molecule has 1 saturated carbocycles. The fraction of sp³-hybridized carbons (Fsp3) is 0.500. The van der Waals surface area contributed by atoms with E-state index in [1.807, 2.05) is 13.2 Å². The van der Waals surface area contributed by atoms with Crippen molar-refractivity contribution in [3.8, 4) is 0 Å². The number of carbonyl (C=O) groups is 1. The number of nitrogens with one attached hydrogen (secondary N) is 1. The van der Waals surface area contributed by atoms with Gasteiger partial charge in [0.05, 0.1) is 23.9 Å². The third-order valence-corrected chi connectivity index (χ3v) is 5.02. The van der Waals surface area contributed by atoms with Crippen molar-refractivity contribution in [2.24, 2.45) is 19.5 Å². The zero-order valence-corrected chi connectivity index (χ0v) is 14.0. The summed E-state index contributed by atoms with van der Waals surface area (Å²) < 4.78 is 3.40. The maximum Gasteiger partial charge on any atom is 0.268 e. The van der Waals surface area contributed by atoms with Crippen molar-refractivity contribution in [2.75, 3.05) is 6.61 Å². The van der Waals surface area contributed by atoms with Gasteiger partial charge in [-0.2, -0.15) is 5.10 Å². The second-order valence-corrected chi connectivity index (χ2v) is 6.82. The first-order valence-electron chi connectivity index (χ1n) is 7.67. The highest BCUT2D eigenvalue weighted by molar-refractivity contribution is 6.31. The average Bonchev–Trinajstić information content (AvgIpc) is 3.02. The van der Waals surface area contributed by atoms with Gasteiger partial charge in [0.15, 0.2) is 0 Å². The first-order valence-corrected chi connectivity index (χ1v) is 8.05. The summed E-state index contributed by atoms with van der Waals surface area (Å²) in [7, 11) is 3.62. The second-order valence-electron chi connectivity index (χ2n) is 6.38. The van der Waals surface area contributed by atoms with Gasteiger partial charge >= 0.3 is 0 Å². The molecule has 2 aromatic heterocycles. The van der Waals surface area contributed by atoms with Gasteiger partial charge in [-0.25, -0.2) is 0 Å². The van der Waals surface area contributed by atoms with Crippen molar-refractivity contribution in [2.45, 2.75) is 25.3 Å². The Morgan fingerprint density at radius 3 is 2.65 bits per heavy atom. The Balaban J connectivity index is 1.90. The highest BCUT2D eigenvalue weighted by Crippen LogP contribution is 2.49. The van der Waals surface area contributed by atoms with Crippen LogP contribution in [-0.2, 0) is 14.1 Å². The van der Waals surface area contributed by atoms with E-state index in [1.165, 1.54) is 0 Å². The quantitative estimate of drug-likeness (QED) is 0.877. The van der Waals surface area contributed by atoms with E-state index < -0.39 is 0 Å². The molecule has 2 aromatic rings. The Morgan fingerprint density at radius 1 is 1.48 bits per heavy atom. The molecule has 124 valence electrons. The van der Waals surface area contributed by atoms with Crippen LogP contribution in [0, 0.1) is 5.41 Å². The number of carbonyl (C=O) groups excluding carboxylic acids is 1. The lowest BCUT2D eigenvalue weighted by atomic mass is 9.63. The van der Waals surface area contributed by atoms with Crippen molar-refractivity contribution in [3.05, 3.63) is 40.9 Å². The topological polar surface area (TPSA) is 72.1 Å². The van der Waals surface area contributed by atoms with Crippen LogP contribution in [0.3, 0.4) is 0 Å². The van der Waals surface area contributed by atoms with Crippen LogP contribution in [-0.4, -0.2) is 32.0 Å². The number of rotatable bonds is 5. The van der Waals surface area contributed by atoms with Gasteiger partial charge in [0.25, 0.3) is 5.91 Å². The van der Waals surface area contributed by atoms with Crippen LogP contribution in [0.25, 0.3) is 0 Å². The van der Waals surface area contributed by atoms with Crippen LogP contribution in [0.2, 0.25) is 5.02 Å². The van der Waals surface area contributed by atoms with E-state index in [0.29, 0.717) is 10.7 Å². The number of aliphatic hydroxyl groups excluding tert-OH is 1. The lowest BCUT2D eigenvalue weighted by Crippen LogP contribution is -2.47. The minimum atomic E-state index is -0.312. The highest BCUT2D eigenvalue weighted by atomic mass is 35.5. The van der Waals surface area contributed by atoms with Gasteiger partial charge in [0.1, 0.15) is 5.69 Å². The smallest absolute Gasteiger partial charge is 0.268 e. The van der Waals surface area contributed by atoms with E-state index in [1.54, 1.807) is 34.8 Å². The van der Waals surface area contributed by atoms with Gasteiger partial charge in [-0.1, -0.05) is 18.0 Å². The average molecular weight is 337 g/mol. The Kier molecular flexibility index (Phi) is 4.21. The Labute approximate surface area is 140 Å². The maximum atomic E-state index is 12.7. The van der Waals surface area contributed by atoms with E-state index in [-0.39, 0.29) is 24.0 Å². The standard InChI is InChI=1S/C16H21ClN4O2/c1-20-9-12(17)6-13(20)15(23)19-14(11-7-18-21(2)8-11)16(10-22)4-3-5-16/h6-9,14,22H,3-5,10H2,1-2H3,(H,19,23)/t14-/m1/s1. The molecule has 0 aliphatic heterocycles. The van der Waals surface area contributed by atoms with Crippen molar-refractivity contribution in [3.63, 3.8) is 0 Å². The van der Waals surface area contributed by atoms with Gasteiger partial charge < -0.3 is 15.0 Å². The minimum Gasteiger partial charge on any atom is -0.396 e. The molecular weight excluding hydrogens is 316 g/mol. The van der Waals surface area contributed by atoms with E-state index >= 15 is 0 Å². The molecule has 6 nitrogen and oxygen atoms in total. The number of aryl methyl sites for hydroxylation is 2. The number of nitrogens with zero attached hydrogens (tertiary/aromatic N) is 3. The lowest BCUT2D eigenvalue weighted by molar-refractivity contribution is 0.00586. The molecule has 0 spiro atoms. The molecule has 1 amide bonds. The summed E-state index contributed by atoms with van der Waals surface area (Å²) in [5.41, 5.74) is 1.10. The SMILES string of the molecule is Cn1cc([C@@H](NC(=O)c2cc(Cl)cn2C)C2(CO)CCC2)cn1. The van der Waals surface area contributed by atoms with Crippen LogP contribution in [0.15, 0.2) is 24.7 Å². The number of hydrogen-bond donors (Lipinski definition) is 2. The molecule has 7 heteroatoms. The Hall–Kier alpha value is -1.79. The molecule has 1 atom stereocenters. The Morgan fingerprint density at radius 2 is 2.22 bits per heavy atom. The third kappa shape index (κ3) is 2.88. The molecule has 0 aromatic carbocycles. The third-order valence-electron chi connectivity index (χ3n) is 4.81. The van der Waals surface area contributed by atoms with Crippen LogP contribution in [0.1, 0.15) is 41.4 Å². The lowest BCUT2D eigenvalue weighted by Gasteiger charge is -2.46. The van der Waals surface area contributed by atoms with Crippen LogP contribution in [0.4, 0.5) is 0 Å². The molecule has 2 heterocycles. The molecule has 0 radical (unpaired) electrons. The minimum absolute atomic E-state index is 0.0424. The first-order chi connectivity index (χ1) is 10.9. The molecule has 0 bridgehead atoms. The number of aromatic nitrogens is 3. The monoisotopic (exact) mass is 336 g/mol. The number of aliphatic hydroxyl groups is 1. The summed E-state index contributed by atoms with van der Waals surface area (Å²) in [5.74, 6) is -0.201. The van der Waals surface area contributed by atoms with Crippen LogP contribution in [0.5, 0.6) is 0 Å². The first kappa shape index (κ1) is 16.1. The van der Waals surface area contributed by atoms with Crippen molar-refractivity contribution in [1.82, 2.24) is 19.7 Å². The molecule has 23 heavy (non-hydrogen) atoms. The van der Waals surface area contributed by atoms with Crippen LogP contribution < -0.4 is 5.32 Å². The largest absolute Gasteiger partial charge is 0.396 e. The molecule has 1 aliphatic rings. The zero-order chi connectivity index (χ0) is 16.6. The fourth-order valence-electron chi connectivity index (χ4n) is 3.30. The fourth-order valence-corrected chi connectivity index (χ4v) is 3.55. The number of amides is 1. The van der Waals surface area contributed by atoms with Crippen LogP contribution >= 0.6 is 11.6 Å². The normalized spacial score (nSPS) is 17.6. The summed E-state index contributed by atoms with van der Waals surface area (Å²) >= 11 is 5.97. The van der Waals surface area contributed by atoms with Gasteiger partial charge in [-0.15, -0.1) is 0 Å².